The minimum atomic E-state index is -3.45. The van der Waals surface area contributed by atoms with Crippen LogP contribution in [-0.2, 0) is 19.6 Å². The summed E-state index contributed by atoms with van der Waals surface area (Å²) < 4.78 is 31.3. The molecule has 1 saturated heterocycles. The highest BCUT2D eigenvalue weighted by Crippen LogP contribution is 2.34. The molecule has 1 aliphatic heterocycles. The molecule has 0 saturated carbocycles. The van der Waals surface area contributed by atoms with E-state index < -0.39 is 10.0 Å². The quantitative estimate of drug-likeness (QED) is 0.437. The Morgan fingerprint density at radius 2 is 1.77 bits per heavy atom. The van der Waals surface area contributed by atoms with Crippen LogP contribution in [0.3, 0.4) is 0 Å². The van der Waals surface area contributed by atoms with E-state index in [1.54, 1.807) is 18.3 Å². The SMILES string of the molecule is CCCC(=O)Nc1ccc(-c2nc(N3CCOCC3)c3ccc4c(ccn4S(C)(=O)=O)c3n2)cc1. The maximum atomic E-state index is 12.3. The summed E-state index contributed by atoms with van der Waals surface area (Å²) in [5, 5.41) is 4.50. The molecule has 35 heavy (non-hydrogen) atoms. The molecule has 9 nitrogen and oxygen atoms in total. The summed E-state index contributed by atoms with van der Waals surface area (Å²) in [5.41, 5.74) is 2.78. The monoisotopic (exact) mass is 493 g/mol. The van der Waals surface area contributed by atoms with Crippen molar-refractivity contribution in [2.45, 2.75) is 19.8 Å². The van der Waals surface area contributed by atoms with Crippen LogP contribution in [-0.4, -0.2) is 60.8 Å². The van der Waals surface area contributed by atoms with E-state index in [1.165, 1.54) is 10.2 Å². The lowest BCUT2D eigenvalue weighted by atomic mass is 10.1. The molecule has 2 aromatic carbocycles. The van der Waals surface area contributed by atoms with Crippen molar-refractivity contribution >= 4 is 49.2 Å². The highest BCUT2D eigenvalue weighted by atomic mass is 32.2. The maximum absolute atomic E-state index is 12.3. The molecule has 4 aromatic rings. The summed E-state index contributed by atoms with van der Waals surface area (Å²) in [4.78, 5) is 23.9. The second kappa shape index (κ2) is 9.27. The Labute approximate surface area is 203 Å². The fourth-order valence-electron chi connectivity index (χ4n) is 4.36. The van der Waals surface area contributed by atoms with Crippen LogP contribution in [0, 0.1) is 0 Å². The van der Waals surface area contributed by atoms with Crippen molar-refractivity contribution in [3.05, 3.63) is 48.7 Å². The Bertz CT molecular complexity index is 1510. The number of hydrogen-bond acceptors (Lipinski definition) is 7. The third-order valence-electron chi connectivity index (χ3n) is 6.05. The van der Waals surface area contributed by atoms with Gasteiger partial charge in [0.15, 0.2) is 5.82 Å². The molecule has 5 rings (SSSR count). The highest BCUT2D eigenvalue weighted by molar-refractivity contribution is 7.89. The summed E-state index contributed by atoms with van der Waals surface area (Å²) in [6.45, 7) is 4.60. The lowest BCUT2D eigenvalue weighted by Crippen LogP contribution is -2.37. The number of hydrogen-bond donors (Lipinski definition) is 1. The molecule has 1 aliphatic rings. The molecular weight excluding hydrogens is 466 g/mol. The van der Waals surface area contributed by atoms with Crippen molar-refractivity contribution in [2.24, 2.45) is 0 Å². The van der Waals surface area contributed by atoms with E-state index in [0.29, 0.717) is 55.3 Å². The lowest BCUT2D eigenvalue weighted by molar-refractivity contribution is -0.116. The minimum Gasteiger partial charge on any atom is -0.378 e. The van der Waals surface area contributed by atoms with Gasteiger partial charge in [-0.3, -0.25) is 4.79 Å². The lowest BCUT2D eigenvalue weighted by Gasteiger charge is -2.29. The van der Waals surface area contributed by atoms with Gasteiger partial charge in [0.25, 0.3) is 0 Å². The van der Waals surface area contributed by atoms with Gasteiger partial charge in [-0.1, -0.05) is 6.92 Å². The van der Waals surface area contributed by atoms with Crippen molar-refractivity contribution < 1.29 is 17.9 Å². The number of morpholine rings is 1. The van der Waals surface area contributed by atoms with Gasteiger partial charge in [0.05, 0.1) is 30.5 Å². The number of rotatable bonds is 6. The first-order valence-electron chi connectivity index (χ1n) is 11.6. The average Bonchev–Trinajstić information content (AvgIpc) is 3.30. The molecule has 0 unspecified atom stereocenters. The number of carbonyl (C=O) groups is 1. The van der Waals surface area contributed by atoms with Crippen LogP contribution in [0.15, 0.2) is 48.7 Å². The number of amides is 1. The summed E-state index contributed by atoms with van der Waals surface area (Å²) in [6, 6.07) is 12.9. The fourth-order valence-corrected chi connectivity index (χ4v) is 5.15. The number of ether oxygens (including phenoxy) is 1. The van der Waals surface area contributed by atoms with Crippen molar-refractivity contribution in [3.63, 3.8) is 0 Å². The molecule has 0 radical (unpaired) electrons. The van der Waals surface area contributed by atoms with Gasteiger partial charge in [0.2, 0.25) is 15.9 Å². The molecule has 182 valence electrons. The molecular formula is C25H27N5O4S. The van der Waals surface area contributed by atoms with Crippen LogP contribution in [0.2, 0.25) is 0 Å². The number of benzene rings is 2. The first-order valence-corrected chi connectivity index (χ1v) is 13.5. The molecule has 0 spiro atoms. The molecule has 1 amide bonds. The first-order chi connectivity index (χ1) is 16.8. The first kappa shape index (κ1) is 23.3. The summed E-state index contributed by atoms with van der Waals surface area (Å²) in [6.07, 6.45) is 4.00. The van der Waals surface area contributed by atoms with Gasteiger partial charge in [0.1, 0.15) is 5.82 Å². The smallest absolute Gasteiger partial charge is 0.236 e. The molecule has 0 atom stereocenters. The third kappa shape index (κ3) is 4.59. The zero-order valence-electron chi connectivity index (χ0n) is 19.7. The number of nitrogens with one attached hydrogen (secondary N) is 1. The Morgan fingerprint density at radius 3 is 2.46 bits per heavy atom. The Hall–Kier alpha value is -3.50. The van der Waals surface area contributed by atoms with E-state index in [9.17, 15) is 13.2 Å². The van der Waals surface area contributed by atoms with Gasteiger partial charge in [-0.2, -0.15) is 0 Å². The van der Waals surface area contributed by atoms with E-state index >= 15 is 0 Å². The maximum Gasteiger partial charge on any atom is 0.236 e. The molecule has 2 aromatic heterocycles. The van der Waals surface area contributed by atoms with Crippen LogP contribution < -0.4 is 10.2 Å². The zero-order valence-corrected chi connectivity index (χ0v) is 20.5. The number of anilines is 2. The largest absolute Gasteiger partial charge is 0.378 e. The average molecular weight is 494 g/mol. The van der Waals surface area contributed by atoms with Crippen molar-refractivity contribution in [1.82, 2.24) is 13.9 Å². The van der Waals surface area contributed by atoms with Gasteiger partial charge in [-0.05, 0) is 48.9 Å². The number of carbonyl (C=O) groups excluding carboxylic acids is 1. The molecule has 1 fully saturated rings. The molecule has 1 N–H and O–H groups in total. The van der Waals surface area contributed by atoms with Crippen LogP contribution in [0.25, 0.3) is 33.2 Å². The molecule has 3 heterocycles. The van der Waals surface area contributed by atoms with Crippen LogP contribution >= 0.6 is 0 Å². The number of fused-ring (bicyclic) bond motifs is 3. The van der Waals surface area contributed by atoms with Gasteiger partial charge < -0.3 is 15.0 Å². The van der Waals surface area contributed by atoms with Gasteiger partial charge in [0, 0.05) is 47.7 Å². The predicted octanol–water partition coefficient (Wildman–Crippen LogP) is 3.63. The normalized spacial score (nSPS) is 14.5. The molecule has 10 heteroatoms. The topological polar surface area (TPSA) is 106 Å². The number of aromatic nitrogens is 3. The van der Waals surface area contributed by atoms with Crippen molar-refractivity contribution in [1.29, 1.82) is 0 Å². The molecule has 0 aliphatic carbocycles. The zero-order chi connectivity index (χ0) is 24.6. The fraction of sp³-hybridized carbons (Fsp3) is 0.320. The van der Waals surface area contributed by atoms with Crippen LogP contribution in [0.5, 0.6) is 0 Å². The van der Waals surface area contributed by atoms with Crippen LogP contribution in [0.1, 0.15) is 19.8 Å². The van der Waals surface area contributed by atoms with Gasteiger partial charge in [-0.25, -0.2) is 22.4 Å². The van der Waals surface area contributed by atoms with E-state index in [0.717, 1.165) is 28.6 Å². The standard InChI is InChI=1S/C25H27N5O4S/c1-3-4-22(31)26-18-7-5-17(6-8-18)24-27-23-19-11-12-30(35(2,32)33)21(19)10-9-20(23)25(28-24)29-13-15-34-16-14-29/h5-12H,3-4,13-16H2,1-2H3,(H,26,31). The van der Waals surface area contributed by atoms with E-state index in [1.807, 2.05) is 37.3 Å². The Morgan fingerprint density at radius 1 is 1.03 bits per heavy atom. The van der Waals surface area contributed by atoms with E-state index in [2.05, 4.69) is 10.2 Å². The van der Waals surface area contributed by atoms with E-state index in [-0.39, 0.29) is 5.91 Å². The van der Waals surface area contributed by atoms with Gasteiger partial charge in [-0.15, -0.1) is 0 Å². The second-order valence-corrected chi connectivity index (χ2v) is 10.5. The van der Waals surface area contributed by atoms with Crippen molar-refractivity contribution in [2.75, 3.05) is 42.8 Å². The van der Waals surface area contributed by atoms with Gasteiger partial charge >= 0.3 is 0 Å². The number of nitrogens with zero attached hydrogens (tertiary/aromatic N) is 4. The Balaban J connectivity index is 1.65. The molecule has 0 bridgehead atoms. The highest BCUT2D eigenvalue weighted by Gasteiger charge is 2.21. The van der Waals surface area contributed by atoms with Crippen molar-refractivity contribution in [3.8, 4) is 11.4 Å². The third-order valence-corrected chi connectivity index (χ3v) is 7.08. The second-order valence-electron chi connectivity index (χ2n) is 8.61. The summed E-state index contributed by atoms with van der Waals surface area (Å²) in [7, 11) is -3.45. The predicted molar refractivity (Wildman–Crippen MR) is 137 cm³/mol. The Kier molecular flexibility index (Phi) is 6.16. The van der Waals surface area contributed by atoms with Crippen LogP contribution in [0.4, 0.5) is 11.5 Å². The summed E-state index contributed by atoms with van der Waals surface area (Å²) in [5.74, 6) is 1.31. The minimum absolute atomic E-state index is 0.0189. The van der Waals surface area contributed by atoms with E-state index in [4.69, 9.17) is 14.7 Å². The summed E-state index contributed by atoms with van der Waals surface area (Å²) >= 11 is 0.